The molecule has 2 saturated heterocycles. The molecule has 3 unspecified atom stereocenters. The molecule has 11 nitrogen and oxygen atoms in total. The zero-order valence-electron chi connectivity index (χ0n) is 23.8. The SMILES string of the molecule is CCC1CN(C)CC1N1CCCC1C(=O)Nc1cccc2c(-c3nc(Nc4cn(C)nc4OC)ncc3F)c[nH]c12. The number of hydrogen-bond acceptors (Lipinski definition) is 8. The van der Waals surface area contributed by atoms with Gasteiger partial charge in [0.05, 0.1) is 36.7 Å². The van der Waals surface area contributed by atoms with Gasteiger partial charge < -0.3 is 25.3 Å². The smallest absolute Gasteiger partial charge is 0.256 e. The molecule has 0 aliphatic carbocycles. The lowest BCUT2D eigenvalue weighted by Crippen LogP contribution is -2.48. The maximum Gasteiger partial charge on any atom is 0.256 e. The van der Waals surface area contributed by atoms with E-state index in [1.807, 2.05) is 18.2 Å². The average Bonchev–Trinajstić information content (AvgIpc) is 3.75. The number of methoxy groups -OCH3 is 1. The summed E-state index contributed by atoms with van der Waals surface area (Å²) < 4.78 is 21.9. The Morgan fingerprint density at radius 1 is 1.24 bits per heavy atom. The molecule has 3 atom stereocenters. The van der Waals surface area contributed by atoms with Crippen LogP contribution in [0.15, 0.2) is 36.8 Å². The minimum Gasteiger partial charge on any atom is -0.478 e. The Morgan fingerprint density at radius 2 is 2.10 bits per heavy atom. The summed E-state index contributed by atoms with van der Waals surface area (Å²) in [5.74, 6) is 0.596. The first kappa shape index (κ1) is 27.2. The topological polar surface area (TPSA) is 116 Å². The number of H-pyrrole nitrogens is 1. The molecule has 3 N–H and O–H groups in total. The molecule has 0 bridgehead atoms. The monoisotopic (exact) mass is 561 g/mol. The molecule has 216 valence electrons. The minimum absolute atomic E-state index is 0.000627. The summed E-state index contributed by atoms with van der Waals surface area (Å²) in [5, 5.41) is 11.2. The van der Waals surface area contributed by atoms with Crippen LogP contribution in [0, 0.1) is 11.7 Å². The van der Waals surface area contributed by atoms with Gasteiger partial charge >= 0.3 is 0 Å². The number of halogens is 1. The Labute approximate surface area is 238 Å². The molecule has 5 heterocycles. The van der Waals surface area contributed by atoms with Gasteiger partial charge in [-0.25, -0.2) is 14.4 Å². The number of hydrogen-bond donors (Lipinski definition) is 3. The van der Waals surface area contributed by atoms with Crippen LogP contribution in [-0.4, -0.2) is 86.3 Å². The van der Waals surface area contributed by atoms with Crippen LogP contribution in [0.3, 0.4) is 0 Å². The number of nitrogens with zero attached hydrogens (tertiary/aromatic N) is 6. The fourth-order valence-electron chi connectivity index (χ4n) is 6.42. The molecule has 1 amide bonds. The van der Waals surface area contributed by atoms with Crippen molar-refractivity contribution in [2.75, 3.05) is 44.4 Å². The summed E-state index contributed by atoms with van der Waals surface area (Å²) in [5.41, 5.74) is 2.65. The molecule has 2 aliphatic rings. The van der Waals surface area contributed by atoms with Gasteiger partial charge in [-0.05, 0) is 38.4 Å². The Balaban J connectivity index is 1.25. The number of ether oxygens (including phenoxy) is 1. The van der Waals surface area contributed by atoms with Gasteiger partial charge in [-0.15, -0.1) is 5.10 Å². The number of para-hydroxylation sites is 1. The zero-order valence-corrected chi connectivity index (χ0v) is 23.8. The standard InChI is InChI=1S/C29H36FN9O2/c1-5-17-14-37(2)16-24(17)39-11-7-10-23(39)27(40)33-21-9-6-8-18-19(12-31-26(18)21)25-20(30)13-32-29(35-25)34-22-15-38(3)36-28(22)41-4/h6,8-9,12-13,15,17,23-24,31H,5,7,10-11,14,16H2,1-4H3,(H,33,40)(H,32,34,35). The molecule has 0 saturated carbocycles. The Hall–Kier alpha value is -4.03. The van der Waals surface area contributed by atoms with Crippen LogP contribution in [-0.2, 0) is 11.8 Å². The van der Waals surface area contributed by atoms with Crippen LogP contribution >= 0.6 is 0 Å². The summed E-state index contributed by atoms with van der Waals surface area (Å²) >= 11 is 0. The van der Waals surface area contributed by atoms with E-state index in [1.54, 1.807) is 24.1 Å². The van der Waals surface area contributed by atoms with E-state index >= 15 is 4.39 Å². The van der Waals surface area contributed by atoms with Crippen molar-refractivity contribution in [1.29, 1.82) is 0 Å². The van der Waals surface area contributed by atoms with E-state index in [-0.39, 0.29) is 23.6 Å². The van der Waals surface area contributed by atoms with Crippen LogP contribution in [0.1, 0.15) is 26.2 Å². The van der Waals surface area contributed by atoms with Gasteiger partial charge in [0.2, 0.25) is 11.9 Å². The van der Waals surface area contributed by atoms with Gasteiger partial charge in [0, 0.05) is 43.3 Å². The third kappa shape index (κ3) is 5.13. The van der Waals surface area contributed by atoms with Crippen LogP contribution < -0.4 is 15.4 Å². The third-order valence-corrected chi connectivity index (χ3v) is 8.34. The summed E-state index contributed by atoms with van der Waals surface area (Å²) in [7, 11) is 5.45. The van der Waals surface area contributed by atoms with E-state index in [9.17, 15) is 4.79 Å². The number of anilines is 3. The number of amides is 1. The van der Waals surface area contributed by atoms with E-state index in [4.69, 9.17) is 4.74 Å². The lowest BCUT2D eigenvalue weighted by atomic mass is 9.98. The molecule has 2 aliphatic heterocycles. The second kappa shape index (κ2) is 11.1. The predicted molar refractivity (Wildman–Crippen MR) is 156 cm³/mol. The van der Waals surface area contributed by atoms with Gasteiger partial charge in [0.25, 0.3) is 5.88 Å². The largest absolute Gasteiger partial charge is 0.478 e. The van der Waals surface area contributed by atoms with E-state index in [0.29, 0.717) is 40.3 Å². The quantitative estimate of drug-likeness (QED) is 0.296. The summed E-state index contributed by atoms with van der Waals surface area (Å²) in [6.07, 6.45) is 7.54. The van der Waals surface area contributed by atoms with Crippen LogP contribution in [0.25, 0.3) is 22.2 Å². The molecule has 1 aromatic carbocycles. The number of likely N-dealkylation sites (N-methyl/N-ethyl adjacent to an activating group) is 1. The fraction of sp³-hybridized carbons (Fsp3) is 0.448. The van der Waals surface area contributed by atoms with E-state index < -0.39 is 5.82 Å². The van der Waals surface area contributed by atoms with E-state index in [2.05, 4.69) is 54.5 Å². The van der Waals surface area contributed by atoms with Gasteiger partial charge in [-0.2, -0.15) is 0 Å². The number of carbonyl (C=O) groups is 1. The van der Waals surface area contributed by atoms with Gasteiger partial charge in [-0.1, -0.05) is 25.5 Å². The second-order valence-corrected chi connectivity index (χ2v) is 11.0. The van der Waals surface area contributed by atoms with E-state index in [1.165, 1.54) is 7.11 Å². The van der Waals surface area contributed by atoms with Crippen LogP contribution in [0.2, 0.25) is 0 Å². The number of rotatable bonds is 8. The van der Waals surface area contributed by atoms with Crippen molar-refractivity contribution in [3.63, 3.8) is 0 Å². The zero-order chi connectivity index (χ0) is 28.7. The number of nitrogens with one attached hydrogen (secondary N) is 3. The van der Waals surface area contributed by atoms with Crippen molar-refractivity contribution >= 4 is 34.1 Å². The maximum absolute atomic E-state index is 15.1. The molecule has 41 heavy (non-hydrogen) atoms. The molecular weight excluding hydrogens is 525 g/mol. The first-order valence-corrected chi connectivity index (χ1v) is 14.1. The van der Waals surface area contributed by atoms with Crippen molar-refractivity contribution in [2.45, 2.75) is 38.3 Å². The molecule has 6 rings (SSSR count). The fourth-order valence-corrected chi connectivity index (χ4v) is 6.42. The Morgan fingerprint density at radius 3 is 2.90 bits per heavy atom. The van der Waals surface area contributed by atoms with Crippen molar-refractivity contribution in [3.8, 4) is 17.1 Å². The molecule has 0 radical (unpaired) electrons. The molecule has 12 heteroatoms. The first-order chi connectivity index (χ1) is 19.9. The third-order valence-electron chi connectivity index (χ3n) is 8.34. The molecule has 2 fully saturated rings. The van der Waals surface area contributed by atoms with E-state index in [0.717, 1.165) is 50.5 Å². The van der Waals surface area contributed by atoms with Gasteiger partial charge in [0.15, 0.2) is 5.82 Å². The lowest BCUT2D eigenvalue weighted by Gasteiger charge is -2.32. The van der Waals surface area contributed by atoms with Crippen LogP contribution in [0.4, 0.5) is 21.7 Å². The second-order valence-electron chi connectivity index (χ2n) is 11.0. The molecular formula is C29H36FN9O2. The number of benzene rings is 1. The number of carbonyl (C=O) groups excluding carboxylic acids is 1. The highest BCUT2D eigenvalue weighted by Gasteiger charge is 2.41. The van der Waals surface area contributed by atoms with Gasteiger partial charge in [-0.3, -0.25) is 14.4 Å². The van der Waals surface area contributed by atoms with Gasteiger partial charge in [0.1, 0.15) is 11.4 Å². The van der Waals surface area contributed by atoms with Crippen molar-refractivity contribution < 1.29 is 13.9 Å². The molecule has 3 aromatic heterocycles. The molecule has 4 aromatic rings. The number of aromatic amines is 1. The average molecular weight is 562 g/mol. The Kier molecular flexibility index (Phi) is 7.35. The highest BCUT2D eigenvalue weighted by atomic mass is 19.1. The number of aromatic nitrogens is 5. The maximum atomic E-state index is 15.1. The normalized spacial score (nSPS) is 21.5. The summed E-state index contributed by atoms with van der Waals surface area (Å²) in [6.45, 7) is 5.24. The van der Waals surface area contributed by atoms with Crippen molar-refractivity contribution in [1.82, 2.24) is 34.5 Å². The highest BCUT2D eigenvalue weighted by Crippen LogP contribution is 2.35. The van der Waals surface area contributed by atoms with Crippen molar-refractivity contribution in [3.05, 3.63) is 42.6 Å². The summed E-state index contributed by atoms with van der Waals surface area (Å²) in [4.78, 5) is 30.2. The van der Waals surface area contributed by atoms with Crippen LogP contribution in [0.5, 0.6) is 5.88 Å². The molecule has 0 spiro atoms. The Bertz CT molecular complexity index is 1570. The summed E-state index contributed by atoms with van der Waals surface area (Å²) in [6, 6.07) is 5.85. The van der Waals surface area contributed by atoms with Crippen molar-refractivity contribution in [2.24, 2.45) is 13.0 Å². The highest BCUT2D eigenvalue weighted by molar-refractivity contribution is 6.06. The lowest BCUT2D eigenvalue weighted by molar-refractivity contribution is -0.121. The minimum atomic E-state index is -0.558. The number of likely N-dealkylation sites (tertiary alicyclic amines) is 2. The number of fused-ring (bicyclic) bond motifs is 1. The number of aryl methyl sites for hydroxylation is 1. The first-order valence-electron chi connectivity index (χ1n) is 14.1. The predicted octanol–water partition coefficient (Wildman–Crippen LogP) is 3.99.